The zero-order valence-corrected chi connectivity index (χ0v) is 14.6. The molecule has 0 spiro atoms. The van der Waals surface area contributed by atoms with E-state index in [0.29, 0.717) is 12.3 Å². The van der Waals surface area contributed by atoms with Crippen molar-refractivity contribution in [1.29, 1.82) is 0 Å². The Morgan fingerprint density at radius 1 is 1.36 bits per heavy atom. The monoisotopic (exact) mass is 336 g/mol. The van der Waals surface area contributed by atoms with Gasteiger partial charge in [0.15, 0.2) is 0 Å². The van der Waals surface area contributed by atoms with Gasteiger partial charge in [0.2, 0.25) is 0 Å². The minimum Gasteiger partial charge on any atom is -0.309 e. The summed E-state index contributed by atoms with van der Waals surface area (Å²) in [4.78, 5) is 4.07. The summed E-state index contributed by atoms with van der Waals surface area (Å²) < 4.78 is 14.3. The summed E-state index contributed by atoms with van der Waals surface area (Å²) in [6.45, 7) is 9.44. The largest absolute Gasteiger partial charge is 0.309 e. The van der Waals surface area contributed by atoms with Crippen molar-refractivity contribution in [2.45, 2.75) is 25.7 Å². The fourth-order valence-electron chi connectivity index (χ4n) is 3.04. The molecule has 1 N–H and O–H groups in total. The quantitative estimate of drug-likeness (QED) is 0.532. The van der Waals surface area contributed by atoms with Crippen molar-refractivity contribution in [3.8, 4) is 0 Å². The molecule has 1 aromatic carbocycles. The average molecular weight is 336 g/mol. The van der Waals surface area contributed by atoms with Gasteiger partial charge in [0.1, 0.15) is 5.82 Å². The van der Waals surface area contributed by atoms with E-state index in [1.807, 2.05) is 30.4 Å². The number of allylic oxidation sites excluding steroid dienone is 4. The highest BCUT2D eigenvalue weighted by Gasteiger charge is 2.25. The Bertz CT molecular complexity index is 751. The van der Waals surface area contributed by atoms with Crippen molar-refractivity contribution in [2.24, 2.45) is 10.9 Å². The van der Waals surface area contributed by atoms with Crippen molar-refractivity contribution >= 4 is 12.3 Å². The molecule has 1 aliphatic carbocycles. The first kappa shape index (κ1) is 17.6. The van der Waals surface area contributed by atoms with Crippen molar-refractivity contribution in [1.82, 2.24) is 5.32 Å². The molecule has 2 aliphatic rings. The van der Waals surface area contributed by atoms with Crippen LogP contribution in [0.3, 0.4) is 0 Å². The Balaban J connectivity index is 1.54. The molecule has 0 aromatic heterocycles. The van der Waals surface area contributed by atoms with Crippen molar-refractivity contribution in [3.63, 3.8) is 0 Å². The number of rotatable bonds is 8. The zero-order valence-electron chi connectivity index (χ0n) is 14.6. The second-order valence-corrected chi connectivity index (χ2v) is 6.64. The van der Waals surface area contributed by atoms with Crippen LogP contribution in [0.15, 0.2) is 65.3 Å². The van der Waals surface area contributed by atoms with Gasteiger partial charge in [-0.1, -0.05) is 36.9 Å². The lowest BCUT2D eigenvalue weighted by Crippen LogP contribution is -2.08. The first-order valence-corrected chi connectivity index (χ1v) is 8.90. The summed E-state index contributed by atoms with van der Waals surface area (Å²) in [5.41, 5.74) is 4.86. The second kappa shape index (κ2) is 8.21. The Hall–Kier alpha value is -2.26. The van der Waals surface area contributed by atoms with Crippen LogP contribution in [0.4, 0.5) is 4.39 Å². The predicted molar refractivity (Wildman–Crippen MR) is 104 cm³/mol. The molecule has 130 valence electrons. The van der Waals surface area contributed by atoms with Gasteiger partial charge in [-0.2, -0.15) is 0 Å². The number of hydrogen-bond donors (Lipinski definition) is 1. The summed E-state index contributed by atoms with van der Waals surface area (Å²) in [5.74, 6) is 0.441. The van der Waals surface area contributed by atoms with Crippen molar-refractivity contribution in [3.05, 3.63) is 77.3 Å². The van der Waals surface area contributed by atoms with Gasteiger partial charge in [0, 0.05) is 13.1 Å². The van der Waals surface area contributed by atoms with Gasteiger partial charge in [0.05, 0.1) is 5.70 Å². The highest BCUT2D eigenvalue weighted by Crippen LogP contribution is 2.40. The molecular formula is C22H25FN2. The van der Waals surface area contributed by atoms with E-state index in [2.05, 4.69) is 29.7 Å². The Morgan fingerprint density at radius 3 is 2.84 bits per heavy atom. The maximum absolute atomic E-state index is 14.3. The maximum Gasteiger partial charge on any atom is 0.127 e. The Labute approximate surface area is 149 Å². The molecule has 0 atom stereocenters. The topological polar surface area (TPSA) is 24.4 Å². The van der Waals surface area contributed by atoms with Gasteiger partial charge in [-0.15, -0.1) is 0 Å². The van der Waals surface area contributed by atoms with Gasteiger partial charge < -0.3 is 5.32 Å². The Morgan fingerprint density at radius 2 is 2.20 bits per heavy atom. The molecule has 1 aliphatic heterocycles. The van der Waals surface area contributed by atoms with E-state index >= 15 is 0 Å². The SMILES string of the molecule is C=N/C(=C\C=C/CCc1ccc(C(=C)C2CC2)cc1F)C1=CCNC1. The van der Waals surface area contributed by atoms with Crippen LogP contribution in [0.25, 0.3) is 5.57 Å². The Kier molecular flexibility index (Phi) is 5.77. The van der Waals surface area contributed by atoms with Gasteiger partial charge in [-0.05, 0) is 72.7 Å². The first-order chi connectivity index (χ1) is 12.2. The van der Waals surface area contributed by atoms with Crippen LogP contribution in [-0.4, -0.2) is 19.8 Å². The van der Waals surface area contributed by atoms with E-state index in [1.165, 1.54) is 18.4 Å². The molecule has 25 heavy (non-hydrogen) atoms. The third kappa shape index (κ3) is 4.64. The third-order valence-corrected chi connectivity index (χ3v) is 4.77. The smallest absolute Gasteiger partial charge is 0.127 e. The predicted octanol–water partition coefficient (Wildman–Crippen LogP) is 4.85. The summed E-state index contributed by atoms with van der Waals surface area (Å²) in [7, 11) is 0. The lowest BCUT2D eigenvalue weighted by molar-refractivity contribution is 0.609. The van der Waals surface area contributed by atoms with E-state index in [4.69, 9.17) is 0 Å². The van der Waals surface area contributed by atoms with Crippen LogP contribution >= 0.6 is 0 Å². The number of nitrogens with zero attached hydrogens (tertiary/aromatic N) is 1. The molecule has 3 heteroatoms. The fraction of sp³-hybridized carbons (Fsp3) is 0.318. The zero-order chi connectivity index (χ0) is 17.6. The molecule has 3 rings (SSSR count). The molecule has 1 aromatic rings. The van der Waals surface area contributed by atoms with Crippen LogP contribution in [0.5, 0.6) is 0 Å². The highest BCUT2D eigenvalue weighted by atomic mass is 19.1. The van der Waals surface area contributed by atoms with Gasteiger partial charge in [-0.3, -0.25) is 4.99 Å². The van der Waals surface area contributed by atoms with Gasteiger partial charge in [0.25, 0.3) is 0 Å². The highest BCUT2D eigenvalue weighted by molar-refractivity contribution is 5.67. The summed E-state index contributed by atoms with van der Waals surface area (Å²) in [5, 5.41) is 3.25. The number of aliphatic imine (C=N–C) groups is 1. The van der Waals surface area contributed by atoms with E-state index < -0.39 is 0 Å². The summed E-state index contributed by atoms with van der Waals surface area (Å²) in [6, 6.07) is 5.54. The molecule has 0 amide bonds. The molecular weight excluding hydrogens is 311 g/mol. The fourth-order valence-corrected chi connectivity index (χ4v) is 3.04. The third-order valence-electron chi connectivity index (χ3n) is 4.77. The number of aryl methyl sites for hydroxylation is 1. The van der Waals surface area contributed by atoms with Crippen molar-refractivity contribution in [2.75, 3.05) is 13.1 Å². The van der Waals surface area contributed by atoms with Crippen LogP contribution < -0.4 is 5.32 Å². The molecule has 0 bridgehead atoms. The van der Waals surface area contributed by atoms with E-state index in [1.54, 1.807) is 6.07 Å². The van der Waals surface area contributed by atoms with Crippen LogP contribution in [-0.2, 0) is 6.42 Å². The number of nitrogens with one attached hydrogen (secondary N) is 1. The summed E-state index contributed by atoms with van der Waals surface area (Å²) >= 11 is 0. The van der Waals surface area contributed by atoms with E-state index in [-0.39, 0.29) is 5.82 Å². The van der Waals surface area contributed by atoms with Gasteiger partial charge in [-0.25, -0.2) is 4.39 Å². The molecule has 1 heterocycles. The maximum atomic E-state index is 14.3. The van der Waals surface area contributed by atoms with Crippen molar-refractivity contribution < 1.29 is 4.39 Å². The molecule has 1 fully saturated rings. The van der Waals surface area contributed by atoms with Crippen LogP contribution in [0.2, 0.25) is 0 Å². The number of halogens is 1. The second-order valence-electron chi connectivity index (χ2n) is 6.64. The van der Waals surface area contributed by atoms with E-state index in [0.717, 1.165) is 41.9 Å². The standard InChI is InChI=1S/C22H25FN2/c1-16(17-8-9-17)19-11-10-18(21(23)14-19)6-4-3-5-7-22(24-2)20-12-13-25-15-20/h3,5,7,10-12,14,17,25H,1-2,4,6,8-9,13,15H2/b5-3-,22-7-. The van der Waals surface area contributed by atoms with E-state index in [9.17, 15) is 4.39 Å². The molecule has 2 nitrogen and oxygen atoms in total. The average Bonchev–Trinajstić information content (AvgIpc) is 3.33. The lowest BCUT2D eigenvalue weighted by atomic mass is 9.99. The summed E-state index contributed by atoms with van der Waals surface area (Å²) in [6.07, 6.45) is 12.0. The molecule has 0 unspecified atom stereocenters. The first-order valence-electron chi connectivity index (χ1n) is 8.90. The van der Waals surface area contributed by atoms with Crippen LogP contribution in [0.1, 0.15) is 30.4 Å². The molecule has 0 saturated heterocycles. The van der Waals surface area contributed by atoms with Gasteiger partial charge >= 0.3 is 0 Å². The number of hydrogen-bond acceptors (Lipinski definition) is 2. The minimum absolute atomic E-state index is 0.126. The van der Waals surface area contributed by atoms with Crippen LogP contribution in [0, 0.1) is 11.7 Å². The number of benzene rings is 1. The normalized spacial score (nSPS) is 17.8. The lowest BCUT2D eigenvalue weighted by Gasteiger charge is -2.07. The molecule has 0 radical (unpaired) electrons. The molecule has 1 saturated carbocycles. The minimum atomic E-state index is -0.126.